The average Bonchev–Trinajstić information content (AvgIpc) is 2.88. The molecule has 0 saturated heterocycles. The summed E-state index contributed by atoms with van der Waals surface area (Å²) in [5.41, 5.74) is 0. The van der Waals surface area contributed by atoms with Crippen LogP contribution in [-0.4, -0.2) is 34.9 Å². The van der Waals surface area contributed by atoms with E-state index in [2.05, 4.69) is 43.5 Å². The lowest BCUT2D eigenvalue weighted by molar-refractivity contribution is -0.123. The first-order chi connectivity index (χ1) is 17.7. The molecule has 0 aliphatic heterocycles. The molecule has 4 nitrogen and oxygen atoms in total. The molecule has 210 valence electrons. The number of nitrogens with one attached hydrogen (secondary N) is 1. The molecule has 0 spiro atoms. The maximum absolute atomic E-state index is 12.2. The second-order valence-electron chi connectivity index (χ2n) is 10.2. The van der Waals surface area contributed by atoms with E-state index in [4.69, 9.17) is 0 Å². The third-order valence-corrected chi connectivity index (χ3v) is 6.60. The fraction of sp³-hybridized carbons (Fsp3) is 0.781. The van der Waals surface area contributed by atoms with Crippen molar-refractivity contribution in [1.82, 2.24) is 5.32 Å². The Kier molecular flexibility index (Phi) is 27.1. The Morgan fingerprint density at radius 2 is 1.08 bits per heavy atom. The van der Waals surface area contributed by atoms with Crippen LogP contribution in [0.25, 0.3) is 0 Å². The van der Waals surface area contributed by atoms with Crippen LogP contribution in [0.4, 0.5) is 0 Å². The molecule has 0 aromatic carbocycles. The molecule has 1 amide bonds. The highest BCUT2D eigenvalue weighted by Gasteiger charge is 2.17. The van der Waals surface area contributed by atoms with Gasteiger partial charge in [0.2, 0.25) is 5.91 Å². The number of amides is 1. The number of aliphatic hydroxyl groups excluding tert-OH is 2. The van der Waals surface area contributed by atoms with Crippen LogP contribution < -0.4 is 5.32 Å². The molecule has 0 aliphatic rings. The van der Waals surface area contributed by atoms with Gasteiger partial charge in [0.1, 0.15) is 0 Å². The number of hydrogen-bond acceptors (Lipinski definition) is 3. The van der Waals surface area contributed by atoms with E-state index in [1.807, 2.05) is 6.08 Å². The fourth-order valence-corrected chi connectivity index (χ4v) is 4.21. The molecule has 0 bridgehead atoms. The summed E-state index contributed by atoms with van der Waals surface area (Å²) in [6, 6.07) is -0.638. The molecule has 3 N–H and O–H groups in total. The number of carbonyl (C=O) groups is 1. The normalized spacial score (nSPS) is 13.8. The Hall–Kier alpha value is -1.39. The summed E-state index contributed by atoms with van der Waals surface area (Å²) in [6.45, 7) is 4.22. The second kappa shape index (κ2) is 28.2. The lowest BCUT2D eigenvalue weighted by Crippen LogP contribution is -2.45. The standard InChI is InChI=1S/C32H59NO3/c1-3-5-7-9-11-13-15-16-17-18-19-21-23-25-27-31(35)30(29-34)33-32(36)28-26-24-22-20-14-12-10-8-6-4-2/h13,15,18-19,25,27,30-31,34-35H,3-12,14,16-17,20-24,26,28-29H2,1-2H3,(H,33,36)/b15-13+,19-18+,27-25+. The van der Waals surface area contributed by atoms with E-state index in [-0.39, 0.29) is 12.5 Å². The SMILES string of the molecule is CCCCCC/C=C/CC/C=C/CC/C=C/C(O)C(CO)NC(=O)CCCCCCCCCCCC. The van der Waals surface area contributed by atoms with Crippen molar-refractivity contribution in [2.75, 3.05) is 6.61 Å². The Bertz CT molecular complexity index is 556. The first kappa shape index (κ1) is 34.6. The molecule has 2 unspecified atom stereocenters. The number of rotatable bonds is 26. The van der Waals surface area contributed by atoms with E-state index in [0.717, 1.165) is 38.5 Å². The van der Waals surface area contributed by atoms with Gasteiger partial charge in [0.05, 0.1) is 18.8 Å². The summed E-state index contributed by atoms with van der Waals surface area (Å²) < 4.78 is 0. The Labute approximate surface area is 223 Å². The largest absolute Gasteiger partial charge is 0.394 e. The summed E-state index contributed by atoms with van der Waals surface area (Å²) in [5.74, 6) is -0.0843. The Balaban J connectivity index is 3.79. The van der Waals surface area contributed by atoms with Gasteiger partial charge in [-0.1, -0.05) is 127 Å². The zero-order chi connectivity index (χ0) is 26.5. The van der Waals surface area contributed by atoms with Gasteiger partial charge in [0.15, 0.2) is 0 Å². The highest BCUT2D eigenvalue weighted by atomic mass is 16.3. The molecule has 0 fully saturated rings. The molecule has 36 heavy (non-hydrogen) atoms. The molecule has 0 aromatic heterocycles. The van der Waals surface area contributed by atoms with Crippen LogP contribution in [0.15, 0.2) is 36.5 Å². The van der Waals surface area contributed by atoms with Crippen molar-refractivity contribution in [2.24, 2.45) is 0 Å². The fourth-order valence-electron chi connectivity index (χ4n) is 4.21. The minimum Gasteiger partial charge on any atom is -0.394 e. The molecule has 0 aliphatic carbocycles. The number of allylic oxidation sites excluding steroid dienone is 5. The van der Waals surface area contributed by atoms with E-state index in [1.54, 1.807) is 6.08 Å². The summed E-state index contributed by atoms with van der Waals surface area (Å²) >= 11 is 0. The van der Waals surface area contributed by atoms with E-state index >= 15 is 0 Å². The molecule has 0 rings (SSSR count). The lowest BCUT2D eigenvalue weighted by Gasteiger charge is -2.19. The van der Waals surface area contributed by atoms with Gasteiger partial charge >= 0.3 is 0 Å². The highest BCUT2D eigenvalue weighted by molar-refractivity contribution is 5.76. The Morgan fingerprint density at radius 3 is 1.61 bits per heavy atom. The maximum atomic E-state index is 12.2. The monoisotopic (exact) mass is 505 g/mol. The summed E-state index contributed by atoms with van der Waals surface area (Å²) in [4.78, 5) is 12.2. The predicted molar refractivity (Wildman–Crippen MR) is 156 cm³/mol. The van der Waals surface area contributed by atoms with Gasteiger partial charge in [0.25, 0.3) is 0 Å². The van der Waals surface area contributed by atoms with Gasteiger partial charge in [-0.3, -0.25) is 4.79 Å². The van der Waals surface area contributed by atoms with Crippen molar-refractivity contribution in [2.45, 2.75) is 154 Å². The molecule has 0 saturated carbocycles. The van der Waals surface area contributed by atoms with Crippen LogP contribution in [0.1, 0.15) is 142 Å². The molecular formula is C32H59NO3. The van der Waals surface area contributed by atoms with Crippen molar-refractivity contribution >= 4 is 5.91 Å². The molecule has 0 aromatic rings. The van der Waals surface area contributed by atoms with E-state index in [1.165, 1.54) is 83.5 Å². The number of carbonyl (C=O) groups excluding carboxylic acids is 1. The molecule has 0 radical (unpaired) electrons. The van der Waals surface area contributed by atoms with Crippen LogP contribution in [0.5, 0.6) is 0 Å². The maximum Gasteiger partial charge on any atom is 0.220 e. The quantitative estimate of drug-likeness (QED) is 0.0817. The van der Waals surface area contributed by atoms with E-state index in [9.17, 15) is 15.0 Å². The summed E-state index contributed by atoms with van der Waals surface area (Å²) in [6.07, 6.45) is 35.0. The molecule has 4 heteroatoms. The van der Waals surface area contributed by atoms with Crippen molar-refractivity contribution in [3.05, 3.63) is 36.5 Å². The lowest BCUT2D eigenvalue weighted by atomic mass is 10.1. The first-order valence-electron chi connectivity index (χ1n) is 15.2. The van der Waals surface area contributed by atoms with Gasteiger partial charge in [-0.05, 0) is 44.9 Å². The summed E-state index contributed by atoms with van der Waals surface area (Å²) in [5, 5.41) is 22.7. The van der Waals surface area contributed by atoms with Crippen molar-refractivity contribution in [3.63, 3.8) is 0 Å². The molecule has 0 heterocycles. The topological polar surface area (TPSA) is 69.6 Å². The average molecular weight is 506 g/mol. The zero-order valence-electron chi connectivity index (χ0n) is 23.8. The van der Waals surface area contributed by atoms with Crippen LogP contribution in [0.3, 0.4) is 0 Å². The third-order valence-electron chi connectivity index (χ3n) is 6.60. The predicted octanol–water partition coefficient (Wildman–Crippen LogP) is 8.33. The zero-order valence-corrected chi connectivity index (χ0v) is 23.8. The van der Waals surface area contributed by atoms with Gasteiger partial charge in [-0.15, -0.1) is 0 Å². The smallest absolute Gasteiger partial charge is 0.220 e. The second-order valence-corrected chi connectivity index (χ2v) is 10.2. The minimum absolute atomic E-state index is 0.0843. The summed E-state index contributed by atoms with van der Waals surface area (Å²) in [7, 11) is 0. The first-order valence-corrected chi connectivity index (χ1v) is 15.2. The Morgan fingerprint density at radius 1 is 0.639 bits per heavy atom. The van der Waals surface area contributed by atoms with Crippen molar-refractivity contribution in [3.8, 4) is 0 Å². The van der Waals surface area contributed by atoms with Crippen LogP contribution >= 0.6 is 0 Å². The van der Waals surface area contributed by atoms with Gasteiger partial charge in [-0.25, -0.2) is 0 Å². The van der Waals surface area contributed by atoms with E-state index < -0.39 is 12.1 Å². The van der Waals surface area contributed by atoms with Crippen LogP contribution in [0, 0.1) is 0 Å². The third kappa shape index (κ3) is 24.3. The van der Waals surface area contributed by atoms with Gasteiger partial charge < -0.3 is 15.5 Å². The van der Waals surface area contributed by atoms with Gasteiger partial charge in [-0.2, -0.15) is 0 Å². The number of aliphatic hydroxyl groups is 2. The highest BCUT2D eigenvalue weighted by Crippen LogP contribution is 2.11. The number of hydrogen-bond donors (Lipinski definition) is 3. The van der Waals surface area contributed by atoms with E-state index in [0.29, 0.717) is 6.42 Å². The van der Waals surface area contributed by atoms with Crippen LogP contribution in [-0.2, 0) is 4.79 Å². The molecule has 2 atom stereocenters. The van der Waals surface area contributed by atoms with Crippen molar-refractivity contribution < 1.29 is 15.0 Å². The van der Waals surface area contributed by atoms with Crippen molar-refractivity contribution in [1.29, 1.82) is 0 Å². The number of unbranched alkanes of at least 4 members (excludes halogenated alkanes) is 15. The van der Waals surface area contributed by atoms with Crippen LogP contribution in [0.2, 0.25) is 0 Å². The minimum atomic E-state index is -0.863. The molecular weight excluding hydrogens is 446 g/mol. The van der Waals surface area contributed by atoms with Gasteiger partial charge in [0, 0.05) is 6.42 Å².